The minimum atomic E-state index is -0.263. The summed E-state index contributed by atoms with van der Waals surface area (Å²) in [6.45, 7) is 0. The second kappa shape index (κ2) is 6.64. The van der Waals surface area contributed by atoms with Crippen molar-refractivity contribution in [3.63, 3.8) is 0 Å². The van der Waals surface area contributed by atoms with E-state index in [1.54, 1.807) is 42.6 Å². The van der Waals surface area contributed by atoms with Crippen LogP contribution in [-0.2, 0) is 0 Å². The van der Waals surface area contributed by atoms with Gasteiger partial charge in [0.15, 0.2) is 0 Å². The summed E-state index contributed by atoms with van der Waals surface area (Å²) in [5, 5.41) is 3.26. The standard InChI is InChI=1S/C12H9ClN2OS.ClH/c13-9-5-4-8(7-11(9)17)15-12(16)10-3-1-2-6-14-10;/h1-7,17H,(H,15,16);1H. The zero-order valence-electron chi connectivity index (χ0n) is 10.1. The lowest BCUT2D eigenvalue weighted by molar-refractivity contribution is -0.0000108. The second-order valence-electron chi connectivity index (χ2n) is 3.34. The number of carbonyl (C=O) groups is 1. The summed E-state index contributed by atoms with van der Waals surface area (Å²) in [5.41, 5.74) is 0.998. The summed E-state index contributed by atoms with van der Waals surface area (Å²) in [6, 6.07) is 10.2. The Morgan fingerprint density at radius 2 is 2.11 bits per heavy atom. The Morgan fingerprint density at radius 1 is 1.33 bits per heavy atom. The number of hydrogen-bond acceptors (Lipinski definition) is 3. The van der Waals surface area contributed by atoms with Gasteiger partial charge >= 0.3 is 1.43 Å². The highest BCUT2D eigenvalue weighted by molar-refractivity contribution is 7.80. The lowest BCUT2D eigenvalue weighted by atomic mass is 10.3. The lowest BCUT2D eigenvalue weighted by Crippen LogP contribution is -3.00. The zero-order chi connectivity index (χ0) is 12.3. The van der Waals surface area contributed by atoms with Gasteiger partial charge in [0.1, 0.15) is 5.69 Å². The number of benzene rings is 1. The predicted molar refractivity (Wildman–Crippen MR) is 72.0 cm³/mol. The molecule has 0 radical (unpaired) electrons. The molecule has 1 aromatic heterocycles. The van der Waals surface area contributed by atoms with Gasteiger partial charge in [-0.05, 0) is 30.3 Å². The van der Waals surface area contributed by atoms with Crippen LogP contribution in [0.3, 0.4) is 0 Å². The topological polar surface area (TPSA) is 42.0 Å². The molecule has 0 fully saturated rings. The largest absolute Gasteiger partial charge is 1.00 e. The monoisotopic (exact) mass is 300 g/mol. The van der Waals surface area contributed by atoms with Crippen molar-refractivity contribution in [3.05, 3.63) is 53.3 Å². The van der Waals surface area contributed by atoms with Crippen LogP contribution in [0.25, 0.3) is 0 Å². The fourth-order valence-electron chi connectivity index (χ4n) is 1.28. The van der Waals surface area contributed by atoms with Crippen molar-refractivity contribution in [3.8, 4) is 0 Å². The number of thiol groups is 1. The van der Waals surface area contributed by atoms with Crippen molar-refractivity contribution in [2.45, 2.75) is 4.90 Å². The Morgan fingerprint density at radius 3 is 2.72 bits per heavy atom. The molecule has 3 nitrogen and oxygen atoms in total. The van der Waals surface area contributed by atoms with E-state index in [-0.39, 0.29) is 19.7 Å². The lowest BCUT2D eigenvalue weighted by Gasteiger charge is -2.05. The Hall–Kier alpha value is -1.23. The first kappa shape index (κ1) is 14.8. The smallest absolute Gasteiger partial charge is 1.00 e. The molecule has 2 rings (SSSR count). The van der Waals surface area contributed by atoms with Crippen LogP contribution in [0.15, 0.2) is 47.5 Å². The average molecular weight is 301 g/mol. The number of rotatable bonds is 2. The summed E-state index contributed by atoms with van der Waals surface area (Å²) in [6.07, 6.45) is 1.57. The van der Waals surface area contributed by atoms with E-state index in [0.29, 0.717) is 21.3 Å². The predicted octanol–water partition coefficient (Wildman–Crippen LogP) is 0.393. The second-order valence-corrected chi connectivity index (χ2v) is 4.22. The number of anilines is 1. The van der Waals surface area contributed by atoms with Crippen molar-refractivity contribution in [2.24, 2.45) is 0 Å². The first-order valence-electron chi connectivity index (χ1n) is 4.88. The van der Waals surface area contributed by atoms with Crippen LogP contribution in [0.2, 0.25) is 5.02 Å². The number of aromatic nitrogens is 1. The Bertz CT molecular complexity index is 555. The minimum Gasteiger partial charge on any atom is -1.00 e. The molecule has 1 amide bonds. The van der Waals surface area contributed by atoms with Crippen molar-refractivity contribution >= 4 is 35.8 Å². The molecule has 0 unspecified atom stereocenters. The Balaban J connectivity index is 0.00000162. The Labute approximate surface area is 123 Å². The molecule has 0 aliphatic carbocycles. The number of hydrogen-bond donors (Lipinski definition) is 2. The third-order valence-corrected chi connectivity index (χ3v) is 2.93. The fourth-order valence-corrected chi connectivity index (χ4v) is 1.61. The van der Waals surface area contributed by atoms with E-state index in [9.17, 15) is 4.79 Å². The molecule has 1 N–H and O–H groups in total. The van der Waals surface area contributed by atoms with E-state index in [0.717, 1.165) is 0 Å². The first-order chi connectivity index (χ1) is 8.16. The minimum absolute atomic E-state index is 0. The van der Waals surface area contributed by atoms with Gasteiger partial charge in [0.2, 0.25) is 0 Å². The zero-order valence-corrected chi connectivity index (χ0v) is 11.5. The normalized spacial score (nSPS) is 9.44. The number of amides is 1. The van der Waals surface area contributed by atoms with Crippen molar-refractivity contribution < 1.29 is 18.6 Å². The van der Waals surface area contributed by atoms with Gasteiger partial charge in [-0.15, -0.1) is 12.6 Å². The van der Waals surface area contributed by atoms with Crippen LogP contribution in [0.1, 0.15) is 11.9 Å². The molecule has 0 saturated heterocycles. The van der Waals surface area contributed by atoms with Crippen molar-refractivity contribution in [1.29, 1.82) is 0 Å². The molecule has 0 atom stereocenters. The average Bonchev–Trinajstić information content (AvgIpc) is 2.35. The summed E-state index contributed by atoms with van der Waals surface area (Å²) < 4.78 is 0. The van der Waals surface area contributed by atoms with E-state index in [1.807, 2.05) is 0 Å². The van der Waals surface area contributed by atoms with Crippen LogP contribution in [0.5, 0.6) is 0 Å². The summed E-state index contributed by atoms with van der Waals surface area (Å²) >= 11 is 10.0. The molecule has 0 aliphatic rings. The molecule has 0 saturated carbocycles. The van der Waals surface area contributed by atoms with Gasteiger partial charge in [-0.1, -0.05) is 17.7 Å². The van der Waals surface area contributed by atoms with Gasteiger partial charge in [-0.3, -0.25) is 9.78 Å². The van der Waals surface area contributed by atoms with Crippen LogP contribution in [-0.4, -0.2) is 10.9 Å². The highest BCUT2D eigenvalue weighted by Gasteiger charge is 2.07. The molecule has 1 aromatic carbocycles. The number of nitrogens with zero attached hydrogens (tertiary/aromatic N) is 1. The fraction of sp³-hybridized carbons (Fsp3) is 0. The molecule has 0 aliphatic heterocycles. The molecular formula is C12H10Cl2N2OS. The van der Waals surface area contributed by atoms with E-state index in [1.165, 1.54) is 0 Å². The van der Waals surface area contributed by atoms with Crippen molar-refractivity contribution in [1.82, 2.24) is 4.98 Å². The molecule has 0 spiro atoms. The molecule has 1 heterocycles. The summed E-state index contributed by atoms with van der Waals surface area (Å²) in [5.74, 6) is -0.263. The van der Waals surface area contributed by atoms with Gasteiger partial charge in [0.25, 0.3) is 5.91 Å². The Kier molecular flexibility index (Phi) is 5.47. The van der Waals surface area contributed by atoms with Crippen LogP contribution >= 0.6 is 24.2 Å². The van der Waals surface area contributed by atoms with Crippen molar-refractivity contribution in [2.75, 3.05) is 5.32 Å². The van der Waals surface area contributed by atoms with Gasteiger partial charge in [0.05, 0.1) is 5.02 Å². The molecule has 2 aromatic rings. The quantitative estimate of drug-likeness (QED) is 0.788. The molecule has 6 heteroatoms. The summed E-state index contributed by atoms with van der Waals surface area (Å²) in [4.78, 5) is 16.4. The van der Waals surface area contributed by atoms with E-state index >= 15 is 0 Å². The van der Waals surface area contributed by atoms with E-state index < -0.39 is 0 Å². The molecule has 94 valence electrons. The van der Waals surface area contributed by atoms with Gasteiger partial charge in [0, 0.05) is 16.8 Å². The molecular weight excluding hydrogens is 291 g/mol. The number of nitrogens with one attached hydrogen (secondary N) is 1. The number of carbonyl (C=O) groups excluding carboxylic acids is 1. The maximum absolute atomic E-state index is 11.8. The third-order valence-electron chi connectivity index (χ3n) is 2.10. The molecule has 0 bridgehead atoms. The number of halogens is 2. The number of pyridine rings is 1. The highest BCUT2D eigenvalue weighted by atomic mass is 35.5. The van der Waals surface area contributed by atoms with Crippen LogP contribution in [0.4, 0.5) is 5.69 Å². The van der Waals surface area contributed by atoms with Gasteiger partial charge < -0.3 is 17.7 Å². The van der Waals surface area contributed by atoms with E-state index in [4.69, 9.17) is 11.6 Å². The van der Waals surface area contributed by atoms with Crippen LogP contribution < -0.4 is 17.7 Å². The first-order valence-corrected chi connectivity index (χ1v) is 5.70. The SMILES string of the molecule is O=C(Nc1ccc(Cl)c(S)c1)c1ccccn1.[Cl-].[H+]. The van der Waals surface area contributed by atoms with Crippen LogP contribution in [0, 0.1) is 0 Å². The third kappa shape index (κ3) is 3.63. The van der Waals surface area contributed by atoms with Gasteiger partial charge in [-0.2, -0.15) is 0 Å². The van der Waals surface area contributed by atoms with Gasteiger partial charge in [-0.25, -0.2) is 0 Å². The molecule has 18 heavy (non-hydrogen) atoms. The maximum Gasteiger partial charge on any atom is 1.00 e. The van der Waals surface area contributed by atoms with E-state index in [2.05, 4.69) is 22.9 Å². The highest BCUT2D eigenvalue weighted by Crippen LogP contribution is 2.23. The maximum atomic E-state index is 11.8. The summed E-state index contributed by atoms with van der Waals surface area (Å²) in [7, 11) is 0.